The number of hydrogen-bond donors (Lipinski definition) is 2. The molecule has 0 radical (unpaired) electrons. The number of aromatic nitrogens is 5. The van der Waals surface area contributed by atoms with Gasteiger partial charge in [0.05, 0.1) is 0 Å². The van der Waals surface area contributed by atoms with Crippen LogP contribution in [0.2, 0.25) is 0 Å². The van der Waals surface area contributed by atoms with Crippen LogP contribution >= 0.6 is 11.3 Å². The van der Waals surface area contributed by atoms with E-state index in [9.17, 15) is 8.42 Å². The van der Waals surface area contributed by atoms with E-state index in [4.69, 9.17) is 5.73 Å². The fourth-order valence-electron chi connectivity index (χ4n) is 1.19. The van der Waals surface area contributed by atoms with Crippen LogP contribution in [-0.4, -0.2) is 39.9 Å². The highest BCUT2D eigenvalue weighted by Crippen LogP contribution is 2.16. The second kappa shape index (κ2) is 4.96. The minimum Gasteiger partial charge on any atom is -0.374 e. The van der Waals surface area contributed by atoms with E-state index in [0.717, 1.165) is 11.3 Å². The molecule has 3 N–H and O–H groups in total. The Morgan fingerprint density at radius 3 is 2.83 bits per heavy atom. The predicted molar refractivity (Wildman–Crippen MR) is 64.2 cm³/mol. The average molecular weight is 289 g/mol. The number of nitrogens with zero attached hydrogens (tertiary/aromatic N) is 5. The molecule has 0 aliphatic carbocycles. The molecule has 2 rings (SSSR count). The van der Waals surface area contributed by atoms with Gasteiger partial charge in [-0.05, 0) is 0 Å². The number of rotatable bonds is 5. The third kappa shape index (κ3) is 3.00. The van der Waals surface area contributed by atoms with Crippen LogP contribution in [0.3, 0.4) is 0 Å². The van der Waals surface area contributed by atoms with E-state index in [-0.39, 0.29) is 16.0 Å². The lowest BCUT2D eigenvalue weighted by Crippen LogP contribution is -2.26. The molecule has 0 aliphatic heterocycles. The smallest absolute Gasteiger partial charge is 0.269 e. The number of hydrogen-bond acceptors (Lipinski definition) is 8. The molecule has 2 heterocycles. The van der Waals surface area contributed by atoms with Gasteiger partial charge in [0.2, 0.25) is 9.47 Å². The molecular weight excluding hydrogens is 278 g/mol. The van der Waals surface area contributed by atoms with Gasteiger partial charge in [-0.3, -0.25) is 4.68 Å². The Labute approximate surface area is 107 Å². The van der Waals surface area contributed by atoms with Gasteiger partial charge in [-0.2, -0.15) is 5.10 Å². The summed E-state index contributed by atoms with van der Waals surface area (Å²) < 4.78 is 27.3. The van der Waals surface area contributed by atoms with Crippen molar-refractivity contribution >= 4 is 26.5 Å². The maximum Gasteiger partial charge on any atom is 0.269 e. The van der Waals surface area contributed by atoms with Gasteiger partial charge in [-0.15, -0.1) is 10.2 Å². The zero-order valence-electron chi connectivity index (χ0n) is 9.44. The van der Waals surface area contributed by atoms with E-state index in [1.807, 2.05) is 0 Å². The minimum absolute atomic E-state index is 0.113. The van der Waals surface area contributed by atoms with E-state index >= 15 is 0 Å². The van der Waals surface area contributed by atoms with Crippen LogP contribution in [0.15, 0.2) is 10.7 Å². The zero-order chi connectivity index (χ0) is 13.2. The van der Waals surface area contributed by atoms with Gasteiger partial charge in [0.1, 0.15) is 6.33 Å². The van der Waals surface area contributed by atoms with Crippen molar-refractivity contribution in [2.24, 2.45) is 7.05 Å². The predicted octanol–water partition coefficient (Wildman–Crippen LogP) is -1.23. The second-order valence-corrected chi connectivity index (χ2v) is 6.34. The van der Waals surface area contributed by atoms with Crippen LogP contribution in [0.4, 0.5) is 5.13 Å². The summed E-state index contributed by atoms with van der Waals surface area (Å²) in [5, 5.41) is 11.1. The summed E-state index contributed by atoms with van der Waals surface area (Å²) in [5.41, 5.74) is 5.33. The number of sulfonamides is 1. The summed E-state index contributed by atoms with van der Waals surface area (Å²) in [5.74, 6) is 0.567. The minimum atomic E-state index is -3.65. The molecule has 11 heteroatoms. The standard InChI is InChI=1S/C7H11N7O2S2/c1-14-4-9-5(13-14)2-3-10-18(15,16)7-12-11-6(8)17-7/h4,10H,2-3H2,1H3,(H2,8,11). The van der Waals surface area contributed by atoms with E-state index in [0.29, 0.717) is 12.2 Å². The fourth-order valence-corrected chi connectivity index (χ4v) is 3.04. The molecule has 0 aliphatic rings. The summed E-state index contributed by atoms with van der Waals surface area (Å²) in [6.07, 6.45) is 1.95. The number of nitrogens with two attached hydrogens (primary N) is 1. The molecule has 0 unspecified atom stereocenters. The SMILES string of the molecule is Cn1cnc(CCNS(=O)(=O)c2nnc(N)s2)n1. The first-order valence-corrected chi connectivity index (χ1v) is 7.20. The Kier molecular flexibility index (Phi) is 3.54. The van der Waals surface area contributed by atoms with Crippen molar-refractivity contribution in [2.75, 3.05) is 12.3 Å². The van der Waals surface area contributed by atoms with Gasteiger partial charge in [0.15, 0.2) is 5.82 Å². The third-order valence-electron chi connectivity index (χ3n) is 1.94. The van der Waals surface area contributed by atoms with Crippen LogP contribution in [0.5, 0.6) is 0 Å². The Hall–Kier alpha value is -1.59. The molecule has 0 saturated heterocycles. The van der Waals surface area contributed by atoms with Gasteiger partial charge >= 0.3 is 0 Å². The average Bonchev–Trinajstić information content (AvgIpc) is 2.88. The summed E-state index contributed by atoms with van der Waals surface area (Å²) in [6, 6.07) is 0. The fraction of sp³-hybridized carbons (Fsp3) is 0.429. The lowest BCUT2D eigenvalue weighted by atomic mass is 10.4. The summed E-state index contributed by atoms with van der Waals surface area (Å²) >= 11 is 0.815. The topological polar surface area (TPSA) is 129 Å². The largest absolute Gasteiger partial charge is 0.374 e. The van der Waals surface area contributed by atoms with Gasteiger partial charge in [0, 0.05) is 20.0 Å². The number of anilines is 1. The quantitative estimate of drug-likeness (QED) is 0.705. The highest BCUT2D eigenvalue weighted by Gasteiger charge is 2.19. The zero-order valence-corrected chi connectivity index (χ0v) is 11.1. The highest BCUT2D eigenvalue weighted by atomic mass is 32.2. The molecule has 0 aromatic carbocycles. The van der Waals surface area contributed by atoms with Crippen LogP contribution in [0.25, 0.3) is 0 Å². The molecule has 9 nitrogen and oxygen atoms in total. The summed E-state index contributed by atoms with van der Waals surface area (Å²) in [6.45, 7) is 0.186. The van der Waals surface area contributed by atoms with Crippen LogP contribution in [0, 0.1) is 0 Å². The lowest BCUT2D eigenvalue weighted by Gasteiger charge is -2.00. The van der Waals surface area contributed by atoms with E-state index in [1.165, 1.54) is 0 Å². The molecule has 0 spiro atoms. The van der Waals surface area contributed by atoms with Crippen molar-refractivity contribution in [2.45, 2.75) is 10.8 Å². The number of aryl methyl sites for hydroxylation is 1. The van der Waals surface area contributed by atoms with Gasteiger partial charge in [-0.1, -0.05) is 11.3 Å². The Morgan fingerprint density at radius 2 is 2.28 bits per heavy atom. The van der Waals surface area contributed by atoms with Gasteiger partial charge in [0.25, 0.3) is 10.0 Å². The molecule has 18 heavy (non-hydrogen) atoms. The first kappa shape index (κ1) is 12.9. The highest BCUT2D eigenvalue weighted by molar-refractivity contribution is 7.91. The van der Waals surface area contributed by atoms with Crippen molar-refractivity contribution in [1.82, 2.24) is 29.7 Å². The van der Waals surface area contributed by atoms with Crippen molar-refractivity contribution in [1.29, 1.82) is 0 Å². The Morgan fingerprint density at radius 1 is 1.50 bits per heavy atom. The molecular formula is C7H11N7O2S2. The molecule has 2 aromatic rings. The molecule has 2 aromatic heterocycles. The number of nitrogens with one attached hydrogen (secondary N) is 1. The maximum absolute atomic E-state index is 11.7. The molecule has 0 bridgehead atoms. The van der Waals surface area contributed by atoms with Crippen LogP contribution in [0.1, 0.15) is 5.82 Å². The van der Waals surface area contributed by atoms with Crippen LogP contribution < -0.4 is 10.5 Å². The molecule has 0 saturated carbocycles. The Bertz CT molecular complexity index is 632. The summed E-state index contributed by atoms with van der Waals surface area (Å²) in [4.78, 5) is 3.98. The first-order chi connectivity index (χ1) is 8.47. The van der Waals surface area contributed by atoms with Crippen molar-refractivity contribution in [3.63, 3.8) is 0 Å². The molecule has 0 amide bonds. The number of nitrogen functional groups attached to an aromatic ring is 1. The van der Waals surface area contributed by atoms with Crippen molar-refractivity contribution in [3.8, 4) is 0 Å². The third-order valence-corrected chi connectivity index (χ3v) is 4.52. The van der Waals surface area contributed by atoms with Gasteiger partial charge < -0.3 is 5.73 Å². The summed E-state index contributed by atoms with van der Waals surface area (Å²) in [7, 11) is -1.91. The normalized spacial score (nSPS) is 11.8. The first-order valence-electron chi connectivity index (χ1n) is 4.90. The second-order valence-electron chi connectivity index (χ2n) is 3.39. The van der Waals surface area contributed by atoms with Gasteiger partial charge in [-0.25, -0.2) is 18.1 Å². The molecule has 98 valence electrons. The van der Waals surface area contributed by atoms with E-state index in [1.54, 1.807) is 18.1 Å². The molecule has 0 fully saturated rings. The van der Waals surface area contributed by atoms with Crippen molar-refractivity contribution in [3.05, 3.63) is 12.2 Å². The van der Waals surface area contributed by atoms with Crippen LogP contribution in [-0.2, 0) is 23.5 Å². The maximum atomic E-state index is 11.7. The monoisotopic (exact) mass is 289 g/mol. The lowest BCUT2D eigenvalue weighted by molar-refractivity contribution is 0.578. The van der Waals surface area contributed by atoms with E-state index < -0.39 is 10.0 Å². The molecule has 0 atom stereocenters. The van der Waals surface area contributed by atoms with Crippen molar-refractivity contribution < 1.29 is 8.42 Å². The Balaban J connectivity index is 1.93. The van der Waals surface area contributed by atoms with E-state index in [2.05, 4.69) is 25.0 Å².